The summed E-state index contributed by atoms with van der Waals surface area (Å²) in [5, 5.41) is 3.15. The van der Waals surface area contributed by atoms with Gasteiger partial charge in [0.2, 0.25) is 5.88 Å². The number of nitrogens with zero attached hydrogens (tertiary/aromatic N) is 4. The quantitative estimate of drug-likeness (QED) is 0.460. The second-order valence-corrected chi connectivity index (χ2v) is 11.5. The van der Waals surface area contributed by atoms with Crippen molar-refractivity contribution in [3.63, 3.8) is 0 Å². The lowest BCUT2D eigenvalue weighted by atomic mass is 9.95. The largest absolute Gasteiger partial charge is 0.486 e. The molecular formula is C22H24ClF2N5O5S. The number of carbonyl (C=O) groups excluding carboxylic acids is 1. The number of hydrogen-bond donors (Lipinski definition) is 1. The standard InChI is InChI=1S/C22H24ClF2N5O5S/c1-22(3-5-36(32,33)6-4-22)29-21(31)20-28-14-10-27-19(8-16(14)30(20)2)35-11-15-17(34-12-18(24)25)7-13(23)9-26-15/h7-10,18H,3-6,11-12H2,1-2H3,(H,29,31). The number of sulfone groups is 1. The highest BCUT2D eigenvalue weighted by Gasteiger charge is 2.35. The van der Waals surface area contributed by atoms with E-state index in [9.17, 15) is 22.0 Å². The molecule has 0 unspecified atom stereocenters. The van der Waals surface area contributed by atoms with Gasteiger partial charge in [0.25, 0.3) is 12.3 Å². The van der Waals surface area contributed by atoms with Gasteiger partial charge in [-0.3, -0.25) is 9.78 Å². The minimum Gasteiger partial charge on any atom is -0.486 e. The molecule has 0 saturated carbocycles. The van der Waals surface area contributed by atoms with E-state index >= 15 is 0 Å². The Balaban J connectivity index is 1.48. The monoisotopic (exact) mass is 543 g/mol. The van der Waals surface area contributed by atoms with Gasteiger partial charge in [-0.05, 0) is 19.8 Å². The Morgan fingerprint density at radius 3 is 2.64 bits per heavy atom. The number of fused-ring (bicyclic) bond motifs is 1. The first kappa shape index (κ1) is 26.0. The zero-order valence-corrected chi connectivity index (χ0v) is 21.1. The van der Waals surface area contributed by atoms with Gasteiger partial charge in [-0.2, -0.15) is 0 Å². The van der Waals surface area contributed by atoms with Crippen molar-refractivity contribution >= 4 is 38.4 Å². The van der Waals surface area contributed by atoms with E-state index in [2.05, 4.69) is 20.3 Å². The van der Waals surface area contributed by atoms with Gasteiger partial charge < -0.3 is 19.4 Å². The number of amides is 1. The summed E-state index contributed by atoms with van der Waals surface area (Å²) in [5.74, 6) is 0.0263. The van der Waals surface area contributed by atoms with Crippen LogP contribution in [-0.4, -0.2) is 63.9 Å². The number of rotatable bonds is 8. The van der Waals surface area contributed by atoms with E-state index in [1.54, 1.807) is 17.7 Å². The van der Waals surface area contributed by atoms with Crippen molar-refractivity contribution in [3.8, 4) is 11.6 Å². The van der Waals surface area contributed by atoms with Crippen LogP contribution >= 0.6 is 11.6 Å². The van der Waals surface area contributed by atoms with Crippen molar-refractivity contribution in [2.45, 2.75) is 38.3 Å². The Labute approximate surface area is 210 Å². The summed E-state index contributed by atoms with van der Waals surface area (Å²) >= 11 is 5.89. The number of aryl methyl sites for hydroxylation is 1. The van der Waals surface area contributed by atoms with Crippen LogP contribution in [0.5, 0.6) is 11.6 Å². The molecule has 4 heterocycles. The number of pyridine rings is 2. The molecule has 0 bridgehead atoms. The fraction of sp³-hybridized carbons (Fsp3) is 0.455. The number of alkyl halides is 2. The first-order chi connectivity index (χ1) is 16.9. The molecule has 0 atom stereocenters. The number of ether oxygens (including phenoxy) is 2. The summed E-state index contributed by atoms with van der Waals surface area (Å²) in [5.41, 5.74) is 0.634. The predicted molar refractivity (Wildman–Crippen MR) is 127 cm³/mol. The van der Waals surface area contributed by atoms with Gasteiger partial charge in [-0.1, -0.05) is 11.6 Å². The van der Waals surface area contributed by atoms with Gasteiger partial charge in [-0.15, -0.1) is 0 Å². The highest BCUT2D eigenvalue weighted by Crippen LogP contribution is 2.26. The highest BCUT2D eigenvalue weighted by atomic mass is 35.5. The summed E-state index contributed by atoms with van der Waals surface area (Å²) in [6.07, 6.45) is 0.783. The van der Waals surface area contributed by atoms with Gasteiger partial charge in [0.1, 0.15) is 40.0 Å². The Morgan fingerprint density at radius 1 is 1.22 bits per heavy atom. The summed E-state index contributed by atoms with van der Waals surface area (Å²) in [4.78, 5) is 25.6. The molecule has 0 aromatic carbocycles. The van der Waals surface area contributed by atoms with Crippen LogP contribution in [0.4, 0.5) is 8.78 Å². The number of carbonyl (C=O) groups is 1. The van der Waals surface area contributed by atoms with E-state index in [1.807, 2.05) is 6.92 Å². The van der Waals surface area contributed by atoms with E-state index in [-0.39, 0.29) is 46.3 Å². The van der Waals surface area contributed by atoms with E-state index in [4.69, 9.17) is 21.1 Å². The Hall–Kier alpha value is -3.06. The molecule has 1 N–H and O–H groups in total. The van der Waals surface area contributed by atoms with Crippen molar-refractivity contribution < 1.29 is 31.5 Å². The fourth-order valence-corrected chi connectivity index (χ4v) is 5.66. The number of halogens is 3. The molecule has 4 rings (SSSR count). The average molecular weight is 544 g/mol. The molecule has 1 aliphatic heterocycles. The van der Waals surface area contributed by atoms with E-state index < -0.39 is 34.3 Å². The van der Waals surface area contributed by atoms with Crippen LogP contribution in [0.1, 0.15) is 36.1 Å². The highest BCUT2D eigenvalue weighted by molar-refractivity contribution is 7.91. The maximum absolute atomic E-state index is 13.0. The number of nitrogens with one attached hydrogen (secondary N) is 1. The van der Waals surface area contributed by atoms with Crippen LogP contribution in [0, 0.1) is 0 Å². The molecule has 1 saturated heterocycles. The third-order valence-electron chi connectivity index (χ3n) is 5.91. The molecule has 0 aliphatic carbocycles. The third-order valence-corrected chi connectivity index (χ3v) is 7.77. The summed E-state index contributed by atoms with van der Waals surface area (Å²) in [7, 11) is -1.41. The second kappa shape index (κ2) is 10.1. The van der Waals surface area contributed by atoms with E-state index in [0.717, 1.165) is 0 Å². The Bertz CT molecular complexity index is 1380. The first-order valence-corrected chi connectivity index (χ1v) is 13.2. The predicted octanol–water partition coefficient (Wildman–Crippen LogP) is 2.94. The number of aromatic nitrogens is 4. The van der Waals surface area contributed by atoms with Crippen molar-refractivity contribution in [1.82, 2.24) is 24.8 Å². The lowest BCUT2D eigenvalue weighted by Gasteiger charge is -2.34. The molecule has 194 valence electrons. The van der Waals surface area contributed by atoms with Crippen LogP contribution in [0.2, 0.25) is 5.02 Å². The van der Waals surface area contributed by atoms with Crippen molar-refractivity contribution in [2.75, 3.05) is 18.1 Å². The lowest BCUT2D eigenvalue weighted by molar-refractivity contribution is 0.0804. The molecule has 1 amide bonds. The molecule has 36 heavy (non-hydrogen) atoms. The van der Waals surface area contributed by atoms with Crippen LogP contribution < -0.4 is 14.8 Å². The molecule has 0 radical (unpaired) electrons. The molecular weight excluding hydrogens is 520 g/mol. The third kappa shape index (κ3) is 6.01. The van der Waals surface area contributed by atoms with Gasteiger partial charge >= 0.3 is 0 Å². The maximum atomic E-state index is 13.0. The second-order valence-electron chi connectivity index (χ2n) is 8.76. The lowest BCUT2D eigenvalue weighted by Crippen LogP contribution is -2.51. The average Bonchev–Trinajstić information content (AvgIpc) is 3.15. The molecule has 0 spiro atoms. The topological polar surface area (TPSA) is 125 Å². The molecule has 14 heteroatoms. The van der Waals surface area contributed by atoms with Crippen LogP contribution in [0.3, 0.4) is 0 Å². The van der Waals surface area contributed by atoms with E-state index in [0.29, 0.717) is 23.9 Å². The summed E-state index contributed by atoms with van der Waals surface area (Å²) < 4.78 is 60.9. The summed E-state index contributed by atoms with van der Waals surface area (Å²) in [6, 6.07) is 2.96. The SMILES string of the molecule is Cn1c(C(=O)NC2(C)CCS(=O)(=O)CC2)nc2cnc(OCc3ncc(Cl)cc3OCC(F)F)cc21. The smallest absolute Gasteiger partial charge is 0.287 e. The van der Waals surface area contributed by atoms with Crippen LogP contribution in [0.25, 0.3) is 11.0 Å². The molecule has 10 nitrogen and oxygen atoms in total. The minimum atomic E-state index is -3.07. The van der Waals surface area contributed by atoms with Gasteiger partial charge in [0.15, 0.2) is 5.82 Å². The minimum absolute atomic E-state index is 0.0221. The molecule has 1 fully saturated rings. The van der Waals surface area contributed by atoms with Crippen molar-refractivity contribution in [1.29, 1.82) is 0 Å². The van der Waals surface area contributed by atoms with Crippen LogP contribution in [0.15, 0.2) is 24.5 Å². The Morgan fingerprint density at radius 2 is 1.94 bits per heavy atom. The maximum Gasteiger partial charge on any atom is 0.287 e. The molecule has 1 aliphatic rings. The number of hydrogen-bond acceptors (Lipinski definition) is 8. The fourth-order valence-electron chi connectivity index (χ4n) is 3.78. The number of imidazole rings is 1. The zero-order chi connectivity index (χ0) is 26.1. The zero-order valence-electron chi connectivity index (χ0n) is 19.5. The normalized spacial score (nSPS) is 16.7. The molecule has 3 aromatic rings. The molecule has 3 aromatic heterocycles. The van der Waals surface area contributed by atoms with Gasteiger partial charge in [0.05, 0.1) is 28.2 Å². The van der Waals surface area contributed by atoms with Gasteiger partial charge in [-0.25, -0.2) is 27.2 Å². The first-order valence-electron chi connectivity index (χ1n) is 11.0. The van der Waals surface area contributed by atoms with E-state index in [1.165, 1.54) is 18.5 Å². The van der Waals surface area contributed by atoms with Crippen LogP contribution in [-0.2, 0) is 23.5 Å². The van der Waals surface area contributed by atoms with Crippen molar-refractivity contribution in [2.24, 2.45) is 7.05 Å². The Kier molecular flexibility index (Phi) is 7.32. The summed E-state index contributed by atoms with van der Waals surface area (Å²) in [6.45, 7) is 0.883. The van der Waals surface area contributed by atoms with Gasteiger partial charge in [0, 0.05) is 30.9 Å². The van der Waals surface area contributed by atoms with Crippen molar-refractivity contribution in [3.05, 3.63) is 41.1 Å².